The van der Waals surface area contributed by atoms with Crippen LogP contribution in [0.5, 0.6) is 0 Å². The summed E-state index contributed by atoms with van der Waals surface area (Å²) >= 11 is 0. The lowest BCUT2D eigenvalue weighted by Crippen LogP contribution is -2.38. The maximum absolute atomic E-state index is 13.4. The first-order chi connectivity index (χ1) is 10.5. The van der Waals surface area contributed by atoms with Crippen molar-refractivity contribution in [3.05, 3.63) is 29.6 Å². The fourth-order valence-electron chi connectivity index (χ4n) is 1.44. The number of halogens is 3. The van der Waals surface area contributed by atoms with Crippen LogP contribution in [0.4, 0.5) is 18.9 Å². The van der Waals surface area contributed by atoms with Crippen LogP contribution < -0.4 is 16.0 Å². The Hall–Kier alpha value is -2.69. The van der Waals surface area contributed by atoms with Gasteiger partial charge in [0, 0.05) is 6.54 Å². The molecule has 0 unspecified atom stereocenters. The van der Waals surface area contributed by atoms with Crippen molar-refractivity contribution in [3.8, 4) is 12.3 Å². The summed E-state index contributed by atoms with van der Waals surface area (Å²) < 4.78 is 39.2. The van der Waals surface area contributed by atoms with Crippen molar-refractivity contribution in [2.75, 3.05) is 25.0 Å². The van der Waals surface area contributed by atoms with E-state index in [1.54, 1.807) is 0 Å². The Morgan fingerprint density at radius 2 is 2.00 bits per heavy atom. The van der Waals surface area contributed by atoms with Gasteiger partial charge in [-0.25, -0.2) is 18.2 Å². The molecule has 118 valence electrons. The van der Waals surface area contributed by atoms with E-state index in [4.69, 9.17) is 6.42 Å². The normalized spacial score (nSPS) is 10.8. The average Bonchev–Trinajstić information content (AvgIpc) is 2.50. The number of anilines is 1. The average molecular weight is 312 g/mol. The highest BCUT2D eigenvalue weighted by Crippen LogP contribution is 2.19. The van der Waals surface area contributed by atoms with Gasteiger partial charge in [0.1, 0.15) is 6.54 Å². The van der Waals surface area contributed by atoms with Crippen LogP contribution in [-0.4, -0.2) is 31.5 Å². The van der Waals surface area contributed by atoms with Gasteiger partial charge in [0.15, 0.2) is 23.4 Å². The molecule has 0 fully saturated rings. The van der Waals surface area contributed by atoms with Gasteiger partial charge in [0.05, 0.1) is 12.2 Å². The van der Waals surface area contributed by atoms with E-state index in [-0.39, 0.29) is 13.1 Å². The lowest BCUT2D eigenvalue weighted by atomic mass is 10.3. The summed E-state index contributed by atoms with van der Waals surface area (Å²) in [6, 6.07) is 1.65. The van der Waals surface area contributed by atoms with Crippen molar-refractivity contribution < 1.29 is 18.0 Å². The lowest BCUT2D eigenvalue weighted by molar-refractivity contribution is -0.114. The van der Waals surface area contributed by atoms with Gasteiger partial charge in [0.2, 0.25) is 5.91 Å². The molecule has 5 nitrogen and oxygen atoms in total. The molecule has 1 aromatic carbocycles. The van der Waals surface area contributed by atoms with E-state index >= 15 is 0 Å². The second kappa shape index (κ2) is 8.56. The third kappa shape index (κ3) is 5.01. The highest BCUT2D eigenvalue weighted by Gasteiger charge is 2.15. The molecule has 8 heteroatoms. The predicted molar refractivity (Wildman–Crippen MR) is 77.8 cm³/mol. The molecule has 22 heavy (non-hydrogen) atoms. The van der Waals surface area contributed by atoms with Gasteiger partial charge < -0.3 is 16.0 Å². The quantitative estimate of drug-likeness (QED) is 0.332. The standard InChI is InChI=1S/C14H15F3N4O/c1-3-7-19-14(18-4-2)20-8-11(22)21-10-6-5-9(15)12(16)13(10)17/h1,5-6H,4,7-8H2,2H3,(H,21,22)(H2,18,19,20). The minimum absolute atomic E-state index is 0.214. The summed E-state index contributed by atoms with van der Waals surface area (Å²) in [5, 5.41) is 7.71. The van der Waals surface area contributed by atoms with Crippen LogP contribution >= 0.6 is 0 Å². The summed E-state index contributed by atoms with van der Waals surface area (Å²) in [6.45, 7) is 2.24. The van der Waals surface area contributed by atoms with Gasteiger partial charge >= 0.3 is 0 Å². The van der Waals surface area contributed by atoms with E-state index in [9.17, 15) is 18.0 Å². The molecule has 0 aliphatic rings. The molecule has 0 aromatic heterocycles. The minimum atomic E-state index is -1.65. The van der Waals surface area contributed by atoms with Crippen molar-refractivity contribution in [2.45, 2.75) is 6.92 Å². The molecule has 0 aliphatic carbocycles. The van der Waals surface area contributed by atoms with Crippen molar-refractivity contribution in [3.63, 3.8) is 0 Å². The van der Waals surface area contributed by atoms with Crippen LogP contribution in [0.3, 0.4) is 0 Å². The first kappa shape index (κ1) is 17.4. The van der Waals surface area contributed by atoms with Gasteiger partial charge in [-0.1, -0.05) is 5.92 Å². The largest absolute Gasteiger partial charge is 0.357 e. The third-order valence-electron chi connectivity index (χ3n) is 2.39. The SMILES string of the molecule is C#CCNC(=NCC(=O)Nc1ccc(F)c(F)c1F)NCC. The second-order valence-electron chi connectivity index (χ2n) is 4.02. The number of guanidine groups is 1. The predicted octanol–water partition coefficient (Wildman–Crippen LogP) is 1.23. The van der Waals surface area contributed by atoms with Gasteiger partial charge in [-0.3, -0.25) is 4.79 Å². The Balaban J connectivity index is 2.69. The zero-order valence-electron chi connectivity index (χ0n) is 11.8. The molecule has 0 bridgehead atoms. The Morgan fingerprint density at radius 1 is 1.27 bits per heavy atom. The summed E-state index contributed by atoms with van der Waals surface area (Å²) in [5.41, 5.74) is -0.458. The van der Waals surface area contributed by atoms with E-state index in [1.807, 2.05) is 6.92 Å². The van der Waals surface area contributed by atoms with E-state index < -0.39 is 29.0 Å². The van der Waals surface area contributed by atoms with Crippen LogP contribution in [0.2, 0.25) is 0 Å². The summed E-state index contributed by atoms with van der Waals surface area (Å²) in [7, 11) is 0. The smallest absolute Gasteiger partial charge is 0.246 e. The molecule has 0 heterocycles. The fourth-order valence-corrected chi connectivity index (χ4v) is 1.44. The highest BCUT2D eigenvalue weighted by atomic mass is 19.2. The molecule has 1 amide bonds. The minimum Gasteiger partial charge on any atom is -0.357 e. The number of amides is 1. The number of benzene rings is 1. The zero-order chi connectivity index (χ0) is 16.5. The molecule has 0 spiro atoms. The number of aliphatic imine (C=N–C) groups is 1. The molecule has 0 saturated carbocycles. The molecule has 0 atom stereocenters. The summed E-state index contributed by atoms with van der Waals surface area (Å²) in [5.74, 6) is -2.48. The van der Waals surface area contributed by atoms with Gasteiger partial charge in [-0.15, -0.1) is 6.42 Å². The molecule has 1 rings (SSSR count). The van der Waals surface area contributed by atoms with Gasteiger partial charge in [-0.05, 0) is 19.1 Å². The first-order valence-corrected chi connectivity index (χ1v) is 6.38. The van der Waals surface area contributed by atoms with Crippen LogP contribution in [0.15, 0.2) is 17.1 Å². The van der Waals surface area contributed by atoms with Crippen molar-refractivity contribution in [2.24, 2.45) is 4.99 Å². The summed E-state index contributed by atoms with van der Waals surface area (Å²) in [4.78, 5) is 15.6. The van der Waals surface area contributed by atoms with E-state index in [0.717, 1.165) is 12.1 Å². The molecular weight excluding hydrogens is 297 g/mol. The van der Waals surface area contributed by atoms with Crippen molar-refractivity contribution in [1.29, 1.82) is 0 Å². The Labute approximate surface area is 126 Å². The van der Waals surface area contributed by atoms with Crippen LogP contribution in [0.25, 0.3) is 0 Å². The fraction of sp³-hybridized carbons (Fsp3) is 0.286. The molecule has 0 aliphatic heterocycles. The number of carbonyl (C=O) groups excluding carboxylic acids is 1. The molecule has 0 radical (unpaired) electrons. The molecule has 3 N–H and O–H groups in total. The van der Waals surface area contributed by atoms with E-state index in [2.05, 4.69) is 26.9 Å². The first-order valence-electron chi connectivity index (χ1n) is 6.38. The number of nitrogens with zero attached hydrogens (tertiary/aromatic N) is 1. The Bertz CT molecular complexity index is 611. The number of carbonyl (C=O) groups is 1. The number of hydrogen-bond acceptors (Lipinski definition) is 2. The second-order valence-corrected chi connectivity index (χ2v) is 4.02. The third-order valence-corrected chi connectivity index (χ3v) is 2.39. The number of nitrogens with one attached hydrogen (secondary N) is 3. The highest BCUT2D eigenvalue weighted by molar-refractivity contribution is 5.94. The molecule has 1 aromatic rings. The number of rotatable bonds is 5. The topological polar surface area (TPSA) is 65.5 Å². The maximum atomic E-state index is 13.4. The lowest BCUT2D eigenvalue weighted by Gasteiger charge is -2.09. The number of terminal acetylenes is 1. The van der Waals surface area contributed by atoms with Crippen molar-refractivity contribution in [1.82, 2.24) is 10.6 Å². The van der Waals surface area contributed by atoms with Gasteiger partial charge in [-0.2, -0.15) is 0 Å². The van der Waals surface area contributed by atoms with Crippen LogP contribution in [0.1, 0.15) is 6.92 Å². The molecule has 0 saturated heterocycles. The Morgan fingerprint density at radius 3 is 2.64 bits per heavy atom. The molecular formula is C14H15F3N4O. The number of hydrogen-bond donors (Lipinski definition) is 3. The zero-order valence-corrected chi connectivity index (χ0v) is 11.8. The van der Waals surface area contributed by atoms with Crippen LogP contribution in [-0.2, 0) is 4.79 Å². The van der Waals surface area contributed by atoms with E-state index in [0.29, 0.717) is 12.5 Å². The summed E-state index contributed by atoms with van der Waals surface area (Å²) in [6.07, 6.45) is 5.09. The van der Waals surface area contributed by atoms with E-state index in [1.165, 1.54) is 0 Å². The van der Waals surface area contributed by atoms with Crippen LogP contribution in [0, 0.1) is 29.8 Å². The van der Waals surface area contributed by atoms with Crippen molar-refractivity contribution >= 4 is 17.6 Å². The maximum Gasteiger partial charge on any atom is 0.246 e. The Kier molecular flexibility index (Phi) is 6.76. The van der Waals surface area contributed by atoms with Gasteiger partial charge in [0.25, 0.3) is 0 Å². The monoisotopic (exact) mass is 312 g/mol.